The van der Waals surface area contributed by atoms with E-state index in [9.17, 15) is 4.79 Å². The zero-order chi connectivity index (χ0) is 12.1. The van der Waals surface area contributed by atoms with Crippen molar-refractivity contribution < 1.29 is 14.2 Å². The smallest absolute Gasteiger partial charge is 0.360 e. The van der Waals surface area contributed by atoms with E-state index in [2.05, 4.69) is 20.5 Å². The number of anilines is 1. The third-order valence-electron chi connectivity index (χ3n) is 1.55. The molecule has 1 aromatic rings. The number of rotatable bonds is 3. The molecule has 0 aromatic carbocycles. The number of hydrogen-bond donors (Lipinski definition) is 1. The summed E-state index contributed by atoms with van der Waals surface area (Å²) >= 11 is 5.68. The first-order valence-corrected chi connectivity index (χ1v) is 5.01. The molecule has 88 valence electrons. The van der Waals surface area contributed by atoms with Crippen LogP contribution in [0.15, 0.2) is 15.7 Å². The summed E-state index contributed by atoms with van der Waals surface area (Å²) in [5.74, 6) is 0.848. The van der Waals surface area contributed by atoms with Crippen molar-refractivity contribution in [2.24, 2.45) is 11.1 Å². The van der Waals surface area contributed by atoms with Crippen LogP contribution in [0.3, 0.4) is 0 Å². The maximum absolute atomic E-state index is 11.2. The summed E-state index contributed by atoms with van der Waals surface area (Å²) in [5.41, 5.74) is 0. The predicted molar refractivity (Wildman–Crippen MR) is 59.5 cm³/mol. The van der Waals surface area contributed by atoms with E-state index in [1.807, 2.05) is 13.8 Å². The molecule has 0 radical (unpaired) electrons. The van der Waals surface area contributed by atoms with Crippen molar-refractivity contribution in [2.45, 2.75) is 20.8 Å². The molecule has 1 heterocycles. The lowest BCUT2D eigenvalue weighted by atomic mass is 10.2. The van der Waals surface area contributed by atoms with E-state index in [0.717, 1.165) is 0 Å². The highest BCUT2D eigenvalue weighted by atomic mass is 35.5. The molecule has 0 aliphatic heterocycles. The monoisotopic (exact) mass is 245 g/mol. The predicted octanol–water partition coefficient (Wildman–Crippen LogP) is 2.74. The van der Waals surface area contributed by atoms with E-state index < -0.39 is 6.09 Å². The molecule has 0 saturated heterocycles. The lowest BCUT2D eigenvalue weighted by molar-refractivity contribution is 0.166. The fraction of sp³-hybridized carbons (Fsp3) is 0.444. The Labute approximate surface area is 97.6 Å². The molecular weight excluding hydrogens is 234 g/mol. The molecule has 0 fully saturated rings. The van der Waals surface area contributed by atoms with E-state index in [-0.39, 0.29) is 16.9 Å². The first-order valence-electron chi connectivity index (χ1n) is 4.63. The van der Waals surface area contributed by atoms with Crippen LogP contribution in [0, 0.1) is 12.8 Å². The van der Waals surface area contributed by atoms with Gasteiger partial charge in [-0.1, -0.05) is 35.8 Å². The minimum atomic E-state index is -0.771. The largest absolute Gasteiger partial charge is 0.439 e. The van der Waals surface area contributed by atoms with Gasteiger partial charge in [-0.05, 0) is 6.92 Å². The molecule has 0 aliphatic carbocycles. The van der Waals surface area contributed by atoms with Gasteiger partial charge in [-0.2, -0.15) is 0 Å². The highest BCUT2D eigenvalue weighted by Crippen LogP contribution is 2.08. The van der Waals surface area contributed by atoms with Crippen molar-refractivity contribution >= 4 is 28.7 Å². The van der Waals surface area contributed by atoms with Crippen LogP contribution in [0.4, 0.5) is 10.6 Å². The van der Waals surface area contributed by atoms with Gasteiger partial charge in [0.25, 0.3) is 0 Å². The van der Waals surface area contributed by atoms with E-state index in [1.165, 1.54) is 0 Å². The van der Waals surface area contributed by atoms with E-state index in [4.69, 9.17) is 16.1 Å². The van der Waals surface area contributed by atoms with Crippen molar-refractivity contribution in [3.63, 3.8) is 0 Å². The lowest BCUT2D eigenvalue weighted by Gasteiger charge is -2.01. The summed E-state index contributed by atoms with van der Waals surface area (Å²) < 4.78 is 4.75. The number of halogens is 1. The molecule has 0 saturated carbocycles. The van der Waals surface area contributed by atoms with Crippen molar-refractivity contribution in [1.82, 2.24) is 5.16 Å². The molecule has 1 amide bonds. The minimum absolute atomic E-state index is 0.00348. The second-order valence-electron chi connectivity index (χ2n) is 3.40. The van der Waals surface area contributed by atoms with Gasteiger partial charge in [-0.25, -0.2) is 4.79 Å². The third kappa shape index (κ3) is 3.90. The number of carbonyl (C=O) groups is 1. The number of amides is 1. The van der Waals surface area contributed by atoms with Gasteiger partial charge in [0, 0.05) is 12.0 Å². The second kappa shape index (κ2) is 5.50. The highest BCUT2D eigenvalue weighted by Gasteiger charge is 2.08. The summed E-state index contributed by atoms with van der Waals surface area (Å²) in [6.45, 7) is 5.36. The average Bonchev–Trinajstić information content (AvgIpc) is 2.60. The Hall–Kier alpha value is -1.56. The average molecular weight is 246 g/mol. The minimum Gasteiger partial charge on any atom is -0.360 e. The molecule has 1 aromatic heterocycles. The van der Waals surface area contributed by atoms with Crippen LogP contribution in [-0.4, -0.2) is 16.4 Å². The number of carbonyl (C=O) groups excluding carboxylic acids is 1. The molecule has 16 heavy (non-hydrogen) atoms. The maximum Gasteiger partial charge on any atom is 0.439 e. The highest BCUT2D eigenvalue weighted by molar-refractivity contribution is 6.65. The van der Waals surface area contributed by atoms with Crippen LogP contribution in [0.25, 0.3) is 0 Å². The number of hydrogen-bond acceptors (Lipinski definition) is 5. The molecule has 1 rings (SSSR count). The number of aromatic nitrogens is 1. The second-order valence-corrected chi connectivity index (χ2v) is 3.78. The molecule has 1 N–H and O–H groups in total. The maximum atomic E-state index is 11.2. The number of aryl methyl sites for hydroxylation is 1. The zero-order valence-corrected chi connectivity index (χ0v) is 9.91. The Morgan fingerprint density at radius 3 is 2.88 bits per heavy atom. The van der Waals surface area contributed by atoms with Gasteiger partial charge >= 0.3 is 6.09 Å². The van der Waals surface area contributed by atoms with Crippen molar-refractivity contribution in [2.75, 3.05) is 5.32 Å². The summed E-state index contributed by atoms with van der Waals surface area (Å²) in [4.78, 5) is 15.7. The van der Waals surface area contributed by atoms with Gasteiger partial charge in [0.2, 0.25) is 0 Å². The normalized spacial score (nSPS) is 11.7. The van der Waals surface area contributed by atoms with Gasteiger partial charge in [-0.3, -0.25) is 10.2 Å². The van der Waals surface area contributed by atoms with Gasteiger partial charge in [0.1, 0.15) is 10.9 Å². The van der Waals surface area contributed by atoms with E-state index in [1.54, 1.807) is 13.0 Å². The summed E-state index contributed by atoms with van der Waals surface area (Å²) in [6.07, 6.45) is -0.771. The SMILES string of the molecule is Cc1cc(NC(=O)O/N=C(\Cl)C(C)C)no1. The Bertz CT molecular complexity index is 400. The molecule has 6 nitrogen and oxygen atoms in total. The Balaban J connectivity index is 2.45. The van der Waals surface area contributed by atoms with Crippen LogP contribution >= 0.6 is 11.6 Å². The van der Waals surface area contributed by atoms with Crippen LogP contribution in [0.2, 0.25) is 0 Å². The van der Waals surface area contributed by atoms with Crippen LogP contribution in [-0.2, 0) is 4.84 Å². The summed E-state index contributed by atoms with van der Waals surface area (Å²) in [7, 11) is 0. The zero-order valence-electron chi connectivity index (χ0n) is 9.15. The molecular formula is C9H12ClN3O3. The van der Waals surface area contributed by atoms with E-state index in [0.29, 0.717) is 5.76 Å². The van der Waals surface area contributed by atoms with Gasteiger partial charge in [-0.15, -0.1) is 0 Å². The lowest BCUT2D eigenvalue weighted by Crippen LogP contribution is -2.12. The summed E-state index contributed by atoms with van der Waals surface area (Å²) in [6, 6.07) is 1.55. The Morgan fingerprint density at radius 1 is 1.69 bits per heavy atom. The molecule has 0 spiro atoms. The van der Waals surface area contributed by atoms with Crippen LogP contribution < -0.4 is 5.32 Å². The third-order valence-corrected chi connectivity index (χ3v) is 2.06. The van der Waals surface area contributed by atoms with Gasteiger partial charge < -0.3 is 4.52 Å². The number of oxime groups is 1. The molecule has 0 atom stereocenters. The van der Waals surface area contributed by atoms with Crippen LogP contribution in [0.5, 0.6) is 0 Å². The summed E-state index contributed by atoms with van der Waals surface area (Å²) in [5, 5.41) is 9.53. The van der Waals surface area contributed by atoms with Crippen molar-refractivity contribution in [1.29, 1.82) is 0 Å². The Kier molecular flexibility index (Phi) is 4.30. The fourth-order valence-corrected chi connectivity index (χ4v) is 0.778. The first kappa shape index (κ1) is 12.5. The number of nitrogens with one attached hydrogen (secondary N) is 1. The van der Waals surface area contributed by atoms with E-state index >= 15 is 0 Å². The topological polar surface area (TPSA) is 76.7 Å². The first-order chi connectivity index (χ1) is 7.49. The van der Waals surface area contributed by atoms with Crippen molar-refractivity contribution in [3.05, 3.63) is 11.8 Å². The molecule has 0 unspecified atom stereocenters. The molecule has 0 aliphatic rings. The van der Waals surface area contributed by atoms with Crippen molar-refractivity contribution in [3.8, 4) is 0 Å². The van der Waals surface area contributed by atoms with Gasteiger partial charge in [0.05, 0.1) is 0 Å². The molecule has 7 heteroatoms. The number of nitrogens with zero attached hydrogens (tertiary/aromatic N) is 2. The quantitative estimate of drug-likeness (QED) is 0.505. The molecule has 0 bridgehead atoms. The van der Waals surface area contributed by atoms with Gasteiger partial charge in [0.15, 0.2) is 5.82 Å². The van der Waals surface area contributed by atoms with Crippen LogP contribution in [0.1, 0.15) is 19.6 Å². The standard InChI is InChI=1S/C9H12ClN3O3/c1-5(2)8(10)13-16-9(14)11-7-4-6(3)15-12-7/h4-5H,1-3H3,(H,11,12,14)/b13-8-. The fourth-order valence-electron chi connectivity index (χ4n) is 0.743. The Morgan fingerprint density at radius 2 is 2.38 bits per heavy atom.